The second-order valence-corrected chi connectivity index (χ2v) is 3.58. The van der Waals surface area contributed by atoms with Crippen LogP contribution in [-0.4, -0.2) is 35.5 Å². The highest BCUT2D eigenvalue weighted by atomic mass is 19.4. The highest BCUT2D eigenvalue weighted by Gasteiger charge is 2.28. The van der Waals surface area contributed by atoms with Gasteiger partial charge in [-0.2, -0.15) is 13.2 Å². The van der Waals surface area contributed by atoms with Crippen LogP contribution in [0.1, 0.15) is 11.6 Å². The number of aromatic nitrogens is 1. The molecule has 0 fully saturated rings. The Morgan fingerprint density at radius 1 is 1.58 bits per heavy atom. The zero-order chi connectivity index (χ0) is 14.5. The number of carbonyl (C=O) groups excluding carboxylic acids is 1. The Balaban J connectivity index is 2.77. The molecule has 0 spiro atoms. The third kappa shape index (κ3) is 5.42. The zero-order valence-electron chi connectivity index (χ0n) is 9.65. The zero-order valence-corrected chi connectivity index (χ0v) is 9.65. The lowest BCUT2D eigenvalue weighted by Crippen LogP contribution is -2.35. The molecule has 1 heterocycles. The van der Waals surface area contributed by atoms with Crippen molar-refractivity contribution in [1.29, 1.82) is 0 Å². The number of rotatable bonds is 5. The van der Waals surface area contributed by atoms with E-state index >= 15 is 0 Å². The first-order valence-electron chi connectivity index (χ1n) is 5.14. The number of urea groups is 1. The molecule has 0 aromatic carbocycles. The van der Waals surface area contributed by atoms with Crippen LogP contribution in [0.4, 0.5) is 18.0 Å². The molecule has 0 bridgehead atoms. The molecule has 1 atom stereocenters. The van der Waals surface area contributed by atoms with Gasteiger partial charge in [0.25, 0.3) is 0 Å². The lowest BCUT2D eigenvalue weighted by atomic mass is 10.1. The van der Waals surface area contributed by atoms with Crippen LogP contribution in [0.25, 0.3) is 0 Å². The van der Waals surface area contributed by atoms with Gasteiger partial charge in [0.2, 0.25) is 5.88 Å². The maximum atomic E-state index is 12.0. The van der Waals surface area contributed by atoms with Crippen LogP contribution in [0.15, 0.2) is 18.3 Å². The summed E-state index contributed by atoms with van der Waals surface area (Å²) in [6.45, 7) is -1.94. The molecule has 19 heavy (non-hydrogen) atoms. The van der Waals surface area contributed by atoms with Crippen molar-refractivity contribution in [1.82, 2.24) is 10.3 Å². The summed E-state index contributed by atoms with van der Waals surface area (Å²) in [5.41, 5.74) is 5.23. The van der Waals surface area contributed by atoms with Gasteiger partial charge in [-0.15, -0.1) is 0 Å². The molecular weight excluding hydrogens is 267 g/mol. The largest absolute Gasteiger partial charge is 0.468 e. The first kappa shape index (κ1) is 15.0. The summed E-state index contributed by atoms with van der Waals surface area (Å²) in [5, 5.41) is 11.3. The lowest BCUT2D eigenvalue weighted by Gasteiger charge is -2.16. The Kier molecular flexibility index (Phi) is 4.93. The number of aliphatic hydroxyl groups is 1. The van der Waals surface area contributed by atoms with E-state index in [1.807, 2.05) is 0 Å². The van der Waals surface area contributed by atoms with Gasteiger partial charge in [-0.3, -0.25) is 0 Å². The number of nitrogens with two attached hydrogens (primary N) is 1. The molecule has 1 unspecified atom stereocenters. The molecule has 0 aliphatic carbocycles. The van der Waals surface area contributed by atoms with E-state index in [1.54, 1.807) is 0 Å². The second kappa shape index (κ2) is 6.23. The van der Waals surface area contributed by atoms with E-state index in [2.05, 4.69) is 15.0 Å². The number of carbonyl (C=O) groups is 1. The minimum absolute atomic E-state index is 0.264. The second-order valence-electron chi connectivity index (χ2n) is 3.58. The van der Waals surface area contributed by atoms with Crippen LogP contribution in [0, 0.1) is 0 Å². The normalized spacial score (nSPS) is 12.8. The molecule has 106 valence electrons. The fraction of sp³-hybridized carbons (Fsp3) is 0.400. The molecule has 1 rings (SSSR count). The molecule has 1 aromatic rings. The molecule has 6 nitrogen and oxygen atoms in total. The van der Waals surface area contributed by atoms with Crippen molar-refractivity contribution in [3.8, 4) is 5.88 Å². The van der Waals surface area contributed by atoms with Crippen LogP contribution in [0.2, 0.25) is 0 Å². The summed E-state index contributed by atoms with van der Waals surface area (Å²) >= 11 is 0. The molecule has 0 aliphatic rings. The number of halogens is 3. The summed E-state index contributed by atoms with van der Waals surface area (Å²) < 4.78 is 40.4. The van der Waals surface area contributed by atoms with Crippen LogP contribution in [0.5, 0.6) is 5.88 Å². The number of primary amides is 1. The summed E-state index contributed by atoms with van der Waals surface area (Å²) in [7, 11) is 0. The average molecular weight is 279 g/mol. The van der Waals surface area contributed by atoms with E-state index in [4.69, 9.17) is 10.8 Å². The van der Waals surface area contributed by atoms with Gasteiger partial charge in [-0.25, -0.2) is 9.78 Å². The van der Waals surface area contributed by atoms with Crippen LogP contribution < -0.4 is 15.8 Å². The van der Waals surface area contributed by atoms with Crippen molar-refractivity contribution in [3.63, 3.8) is 0 Å². The van der Waals surface area contributed by atoms with Crippen LogP contribution in [0.3, 0.4) is 0 Å². The standard InChI is InChI=1S/C10H12F3N3O3/c11-10(12,13)5-19-8-3-6(1-2-15-8)7(4-17)16-9(14)18/h1-3,7,17H,4-5H2,(H3,14,16,18). The highest BCUT2D eigenvalue weighted by Crippen LogP contribution is 2.20. The van der Waals surface area contributed by atoms with Crippen molar-refractivity contribution in [3.05, 3.63) is 23.9 Å². The van der Waals surface area contributed by atoms with E-state index in [0.29, 0.717) is 5.56 Å². The maximum absolute atomic E-state index is 12.0. The van der Waals surface area contributed by atoms with Crippen molar-refractivity contribution < 1.29 is 27.8 Å². The molecule has 9 heteroatoms. The summed E-state index contributed by atoms with van der Waals surface area (Å²) in [5.74, 6) is -0.264. The monoisotopic (exact) mass is 279 g/mol. The Morgan fingerprint density at radius 2 is 2.26 bits per heavy atom. The van der Waals surface area contributed by atoms with E-state index in [0.717, 1.165) is 0 Å². The van der Waals surface area contributed by atoms with E-state index in [9.17, 15) is 18.0 Å². The van der Waals surface area contributed by atoms with Gasteiger partial charge in [0.05, 0.1) is 12.6 Å². The van der Waals surface area contributed by atoms with Crippen LogP contribution in [-0.2, 0) is 0 Å². The van der Waals surface area contributed by atoms with E-state index in [-0.39, 0.29) is 5.88 Å². The van der Waals surface area contributed by atoms with E-state index in [1.165, 1.54) is 18.3 Å². The van der Waals surface area contributed by atoms with Crippen molar-refractivity contribution in [2.24, 2.45) is 5.73 Å². The third-order valence-corrected chi connectivity index (χ3v) is 2.04. The number of hydrogen-bond acceptors (Lipinski definition) is 4. The average Bonchev–Trinajstić information content (AvgIpc) is 2.33. The number of amides is 2. The molecule has 0 saturated carbocycles. The predicted octanol–water partition coefficient (Wildman–Crippen LogP) is 0.724. The Morgan fingerprint density at radius 3 is 2.79 bits per heavy atom. The minimum atomic E-state index is -4.47. The number of hydrogen-bond donors (Lipinski definition) is 3. The van der Waals surface area contributed by atoms with Gasteiger partial charge in [0.1, 0.15) is 0 Å². The topological polar surface area (TPSA) is 97.5 Å². The number of aliphatic hydroxyl groups excluding tert-OH is 1. The van der Waals surface area contributed by atoms with Gasteiger partial charge in [0.15, 0.2) is 6.61 Å². The highest BCUT2D eigenvalue weighted by molar-refractivity contribution is 5.72. The van der Waals surface area contributed by atoms with Crippen molar-refractivity contribution in [2.75, 3.05) is 13.2 Å². The lowest BCUT2D eigenvalue weighted by molar-refractivity contribution is -0.154. The van der Waals surface area contributed by atoms with Gasteiger partial charge in [0, 0.05) is 12.3 Å². The first-order chi connectivity index (χ1) is 8.81. The number of nitrogens with zero attached hydrogens (tertiary/aromatic N) is 1. The summed E-state index contributed by atoms with van der Waals surface area (Å²) in [6.07, 6.45) is -3.27. The number of nitrogens with one attached hydrogen (secondary N) is 1. The molecule has 4 N–H and O–H groups in total. The van der Waals surface area contributed by atoms with Gasteiger partial charge in [-0.05, 0) is 11.6 Å². The SMILES string of the molecule is NC(=O)NC(CO)c1ccnc(OCC(F)(F)F)c1. The van der Waals surface area contributed by atoms with Gasteiger partial charge >= 0.3 is 12.2 Å². The summed E-state index contributed by atoms with van der Waals surface area (Å²) in [4.78, 5) is 14.3. The number of pyridine rings is 1. The molecule has 0 aliphatic heterocycles. The van der Waals surface area contributed by atoms with Gasteiger partial charge < -0.3 is 20.9 Å². The predicted molar refractivity (Wildman–Crippen MR) is 58.3 cm³/mol. The molecule has 0 radical (unpaired) electrons. The Labute approximate surface area is 106 Å². The van der Waals surface area contributed by atoms with Crippen molar-refractivity contribution in [2.45, 2.75) is 12.2 Å². The maximum Gasteiger partial charge on any atom is 0.422 e. The third-order valence-electron chi connectivity index (χ3n) is 2.04. The van der Waals surface area contributed by atoms with E-state index < -0.39 is 31.5 Å². The van der Waals surface area contributed by atoms with Crippen molar-refractivity contribution >= 4 is 6.03 Å². The number of ether oxygens (including phenoxy) is 1. The molecule has 2 amide bonds. The quantitative estimate of drug-likeness (QED) is 0.740. The Hall–Kier alpha value is -2.03. The fourth-order valence-electron chi connectivity index (χ4n) is 1.28. The minimum Gasteiger partial charge on any atom is -0.468 e. The first-order valence-corrected chi connectivity index (χ1v) is 5.14. The number of alkyl halides is 3. The molecule has 0 saturated heterocycles. The summed E-state index contributed by atoms with van der Waals surface area (Å²) in [6, 6.07) is 0.891. The Bertz CT molecular complexity index is 440. The molecule has 1 aromatic heterocycles. The smallest absolute Gasteiger partial charge is 0.422 e. The molecular formula is C10H12F3N3O3. The fourth-order valence-corrected chi connectivity index (χ4v) is 1.28. The van der Waals surface area contributed by atoms with Crippen LogP contribution >= 0.6 is 0 Å². The van der Waals surface area contributed by atoms with Gasteiger partial charge in [-0.1, -0.05) is 0 Å².